The average Bonchev–Trinajstić information content (AvgIpc) is 2.79. The number of benzene rings is 1. The van der Waals surface area contributed by atoms with Crippen LogP contribution in [0.4, 0.5) is 0 Å². The zero-order chi connectivity index (χ0) is 14.5. The standard InChI is InChI=1S/C15H19ClN2S2/c1-4-17-10(2)15-11(3)18-14(20-15)9-19-13-8-6-5-7-12(13)16/h5-8,10,17H,4,9H2,1-3H3. The zero-order valence-electron chi connectivity index (χ0n) is 11.9. The summed E-state index contributed by atoms with van der Waals surface area (Å²) in [6.45, 7) is 7.38. The first-order chi connectivity index (χ1) is 9.61. The molecule has 0 saturated heterocycles. The van der Waals surface area contributed by atoms with Crippen molar-refractivity contribution in [3.63, 3.8) is 0 Å². The Morgan fingerprint density at radius 1 is 1.40 bits per heavy atom. The largest absolute Gasteiger partial charge is 0.310 e. The smallest absolute Gasteiger partial charge is 0.103 e. The second-order valence-electron chi connectivity index (χ2n) is 4.56. The summed E-state index contributed by atoms with van der Waals surface area (Å²) in [5.74, 6) is 0.869. The molecule has 20 heavy (non-hydrogen) atoms. The maximum atomic E-state index is 6.17. The van der Waals surface area contributed by atoms with Gasteiger partial charge in [0, 0.05) is 15.8 Å². The van der Waals surface area contributed by atoms with Crippen LogP contribution in [0.1, 0.15) is 35.5 Å². The van der Waals surface area contributed by atoms with Gasteiger partial charge in [-0.3, -0.25) is 0 Å². The second kappa shape index (κ2) is 7.46. The fraction of sp³-hybridized carbons (Fsp3) is 0.400. The van der Waals surface area contributed by atoms with Crippen LogP contribution in [0.3, 0.4) is 0 Å². The summed E-state index contributed by atoms with van der Waals surface area (Å²) in [4.78, 5) is 7.12. The fourth-order valence-electron chi connectivity index (χ4n) is 2.03. The molecule has 1 unspecified atom stereocenters. The van der Waals surface area contributed by atoms with Gasteiger partial charge >= 0.3 is 0 Å². The third kappa shape index (κ3) is 3.98. The molecule has 1 aromatic carbocycles. The molecule has 0 aliphatic rings. The molecule has 5 heteroatoms. The Morgan fingerprint density at radius 2 is 2.15 bits per heavy atom. The molecule has 2 rings (SSSR count). The van der Waals surface area contributed by atoms with Crippen molar-refractivity contribution in [3.05, 3.63) is 44.9 Å². The van der Waals surface area contributed by atoms with Crippen molar-refractivity contribution in [2.75, 3.05) is 6.54 Å². The Morgan fingerprint density at radius 3 is 2.85 bits per heavy atom. The van der Waals surface area contributed by atoms with Crippen LogP contribution in [0.15, 0.2) is 29.2 Å². The number of aryl methyl sites for hydroxylation is 1. The van der Waals surface area contributed by atoms with Gasteiger partial charge in [-0.25, -0.2) is 4.98 Å². The SMILES string of the molecule is CCNC(C)c1sc(CSc2ccccc2Cl)nc1C. The number of thioether (sulfide) groups is 1. The van der Waals surface area contributed by atoms with Gasteiger partial charge in [-0.05, 0) is 32.5 Å². The topological polar surface area (TPSA) is 24.9 Å². The Labute approximate surface area is 134 Å². The number of rotatable bonds is 6. The minimum absolute atomic E-state index is 0.372. The van der Waals surface area contributed by atoms with Gasteiger partial charge in [-0.15, -0.1) is 23.1 Å². The normalized spacial score (nSPS) is 12.6. The highest BCUT2D eigenvalue weighted by atomic mass is 35.5. The van der Waals surface area contributed by atoms with Gasteiger partial charge < -0.3 is 5.32 Å². The first-order valence-corrected chi connectivity index (χ1v) is 8.86. The lowest BCUT2D eigenvalue weighted by atomic mass is 10.2. The Bertz CT molecular complexity index is 569. The molecule has 0 aliphatic heterocycles. The van der Waals surface area contributed by atoms with E-state index in [9.17, 15) is 0 Å². The molecule has 0 saturated carbocycles. The van der Waals surface area contributed by atoms with Crippen molar-refractivity contribution in [2.24, 2.45) is 0 Å². The van der Waals surface area contributed by atoms with Crippen LogP contribution in [0.5, 0.6) is 0 Å². The van der Waals surface area contributed by atoms with Crippen molar-refractivity contribution in [3.8, 4) is 0 Å². The lowest BCUT2D eigenvalue weighted by molar-refractivity contribution is 0.603. The van der Waals surface area contributed by atoms with E-state index in [1.807, 2.05) is 18.2 Å². The number of nitrogens with one attached hydrogen (secondary N) is 1. The van der Waals surface area contributed by atoms with Crippen LogP contribution in [0.25, 0.3) is 0 Å². The third-order valence-corrected chi connectivity index (χ3v) is 6.02. The minimum atomic E-state index is 0.372. The molecule has 1 N–H and O–H groups in total. The van der Waals surface area contributed by atoms with Gasteiger partial charge in [-0.2, -0.15) is 0 Å². The Hall–Kier alpha value is -0.550. The predicted octanol–water partition coefficient (Wildman–Crippen LogP) is 5.07. The second-order valence-corrected chi connectivity index (χ2v) is 7.10. The molecule has 0 spiro atoms. The van der Waals surface area contributed by atoms with Crippen LogP contribution < -0.4 is 5.32 Å². The molecule has 1 atom stereocenters. The van der Waals surface area contributed by atoms with Gasteiger partial charge in [0.2, 0.25) is 0 Å². The lowest BCUT2D eigenvalue weighted by Crippen LogP contribution is -2.17. The highest BCUT2D eigenvalue weighted by Gasteiger charge is 2.13. The molecule has 2 nitrogen and oxygen atoms in total. The van der Waals surface area contributed by atoms with Crippen molar-refractivity contribution in [1.29, 1.82) is 0 Å². The van der Waals surface area contributed by atoms with Crippen molar-refractivity contribution in [1.82, 2.24) is 10.3 Å². The summed E-state index contributed by atoms with van der Waals surface area (Å²) < 4.78 is 0. The Kier molecular flexibility index (Phi) is 5.90. The number of halogens is 1. The van der Waals surface area contributed by atoms with Crippen LogP contribution in [0, 0.1) is 6.92 Å². The number of hydrogen-bond donors (Lipinski definition) is 1. The summed E-state index contributed by atoms with van der Waals surface area (Å²) in [5, 5.41) is 5.41. The summed E-state index contributed by atoms with van der Waals surface area (Å²) in [5.41, 5.74) is 1.14. The monoisotopic (exact) mass is 326 g/mol. The quantitative estimate of drug-likeness (QED) is 0.750. The maximum absolute atomic E-state index is 6.17. The van der Waals surface area contributed by atoms with E-state index in [1.165, 1.54) is 4.88 Å². The minimum Gasteiger partial charge on any atom is -0.310 e. The van der Waals surface area contributed by atoms with E-state index in [0.717, 1.165) is 32.9 Å². The molecular formula is C15H19ClN2S2. The number of hydrogen-bond acceptors (Lipinski definition) is 4. The van der Waals surface area contributed by atoms with Gasteiger partial charge in [0.15, 0.2) is 0 Å². The van der Waals surface area contributed by atoms with Crippen molar-refractivity contribution in [2.45, 2.75) is 37.5 Å². The lowest BCUT2D eigenvalue weighted by Gasteiger charge is -2.09. The summed E-state index contributed by atoms with van der Waals surface area (Å²) in [6.07, 6.45) is 0. The van der Waals surface area contributed by atoms with Gasteiger partial charge in [0.05, 0.1) is 16.5 Å². The summed E-state index contributed by atoms with van der Waals surface area (Å²) >= 11 is 9.71. The van der Waals surface area contributed by atoms with Crippen molar-refractivity contribution < 1.29 is 0 Å². The van der Waals surface area contributed by atoms with Crippen LogP contribution in [-0.2, 0) is 5.75 Å². The third-order valence-electron chi connectivity index (χ3n) is 2.97. The maximum Gasteiger partial charge on any atom is 0.103 e. The molecule has 0 radical (unpaired) electrons. The molecule has 108 valence electrons. The van der Waals surface area contributed by atoms with Gasteiger partial charge in [0.25, 0.3) is 0 Å². The number of nitrogens with zero attached hydrogens (tertiary/aromatic N) is 1. The molecule has 0 aliphatic carbocycles. The summed E-state index contributed by atoms with van der Waals surface area (Å²) in [7, 11) is 0. The summed E-state index contributed by atoms with van der Waals surface area (Å²) in [6, 6.07) is 8.32. The van der Waals surface area contributed by atoms with E-state index in [2.05, 4.69) is 37.1 Å². The molecule has 0 fully saturated rings. The van der Waals surface area contributed by atoms with Crippen LogP contribution in [-0.4, -0.2) is 11.5 Å². The Balaban J connectivity index is 2.04. The van der Waals surface area contributed by atoms with Gasteiger partial charge in [-0.1, -0.05) is 30.7 Å². The predicted molar refractivity (Wildman–Crippen MR) is 90.0 cm³/mol. The average molecular weight is 327 g/mol. The van der Waals surface area contributed by atoms with E-state index in [4.69, 9.17) is 11.6 Å². The van der Waals surface area contributed by atoms with E-state index >= 15 is 0 Å². The molecule has 0 bridgehead atoms. The fourth-order valence-corrected chi connectivity index (χ4v) is 4.36. The van der Waals surface area contributed by atoms with Gasteiger partial charge in [0.1, 0.15) is 5.01 Å². The molecule has 2 aromatic rings. The van der Waals surface area contributed by atoms with E-state index in [1.54, 1.807) is 23.1 Å². The first-order valence-electron chi connectivity index (χ1n) is 6.68. The highest BCUT2D eigenvalue weighted by Crippen LogP contribution is 2.32. The number of thiazole rings is 1. The molecule has 1 heterocycles. The molecule has 0 amide bonds. The van der Waals surface area contributed by atoms with E-state index in [0.29, 0.717) is 6.04 Å². The first kappa shape index (κ1) is 15.8. The van der Waals surface area contributed by atoms with E-state index < -0.39 is 0 Å². The van der Waals surface area contributed by atoms with Crippen LogP contribution in [0.2, 0.25) is 5.02 Å². The molecule has 1 aromatic heterocycles. The number of aromatic nitrogens is 1. The highest BCUT2D eigenvalue weighted by molar-refractivity contribution is 7.98. The van der Waals surface area contributed by atoms with E-state index in [-0.39, 0.29) is 0 Å². The zero-order valence-corrected chi connectivity index (χ0v) is 14.3. The molecular weight excluding hydrogens is 308 g/mol. The van der Waals surface area contributed by atoms with Crippen LogP contribution >= 0.6 is 34.7 Å². The van der Waals surface area contributed by atoms with Crippen molar-refractivity contribution >= 4 is 34.7 Å².